The number of anilines is 1. The van der Waals surface area contributed by atoms with Gasteiger partial charge >= 0.3 is 0 Å². The number of hydrogen-bond donors (Lipinski definition) is 1. The van der Waals surface area contributed by atoms with Crippen LogP contribution in [0.1, 0.15) is 13.3 Å². The lowest BCUT2D eigenvalue weighted by molar-refractivity contribution is 0.145. The molecule has 2 aromatic rings. The fourth-order valence-electron chi connectivity index (χ4n) is 2.81. The summed E-state index contributed by atoms with van der Waals surface area (Å²) in [5, 5.41) is 6.36. The summed E-state index contributed by atoms with van der Waals surface area (Å²) < 4.78 is 5.53. The Labute approximate surface area is 165 Å². The minimum atomic E-state index is 0.754. The molecule has 1 saturated heterocycles. The summed E-state index contributed by atoms with van der Waals surface area (Å²) in [7, 11) is 0. The maximum Gasteiger partial charge on any atom is 0.183 e. The molecule has 3 rings (SSSR count). The second-order valence-electron chi connectivity index (χ2n) is 6.39. The molecule has 1 fully saturated rings. The first-order valence-corrected chi connectivity index (χ1v) is 10.1. The predicted molar refractivity (Wildman–Crippen MR) is 113 cm³/mol. The van der Waals surface area contributed by atoms with E-state index in [0.717, 1.165) is 61.4 Å². The molecule has 142 valence electrons. The van der Waals surface area contributed by atoms with Gasteiger partial charge in [-0.1, -0.05) is 18.2 Å². The summed E-state index contributed by atoms with van der Waals surface area (Å²) in [6.07, 6.45) is 10.9. The van der Waals surface area contributed by atoms with Gasteiger partial charge in [0.1, 0.15) is 0 Å². The molecular weight excluding hydrogens is 356 g/mol. The van der Waals surface area contributed by atoms with Gasteiger partial charge in [-0.15, -0.1) is 11.3 Å². The molecule has 6 heteroatoms. The summed E-state index contributed by atoms with van der Waals surface area (Å²) in [4.78, 5) is 11.1. The van der Waals surface area contributed by atoms with E-state index in [1.165, 1.54) is 5.57 Å². The van der Waals surface area contributed by atoms with E-state index in [1.807, 2.05) is 24.4 Å². The van der Waals surface area contributed by atoms with Crippen LogP contribution in [0.25, 0.3) is 11.3 Å². The van der Waals surface area contributed by atoms with Gasteiger partial charge in [-0.2, -0.15) is 0 Å². The van der Waals surface area contributed by atoms with E-state index in [4.69, 9.17) is 4.74 Å². The molecule has 2 aromatic heterocycles. The molecule has 0 atom stereocenters. The Bertz CT molecular complexity index is 790. The lowest BCUT2D eigenvalue weighted by Crippen LogP contribution is -2.24. The van der Waals surface area contributed by atoms with E-state index in [-0.39, 0.29) is 0 Å². The van der Waals surface area contributed by atoms with Crippen molar-refractivity contribution in [3.8, 4) is 11.3 Å². The number of aromatic nitrogens is 2. The van der Waals surface area contributed by atoms with Gasteiger partial charge in [0.05, 0.1) is 12.3 Å². The molecule has 0 aliphatic carbocycles. The molecule has 0 spiro atoms. The number of allylic oxidation sites excluding steroid dienone is 3. The fourth-order valence-corrected chi connectivity index (χ4v) is 3.53. The Balaban J connectivity index is 1.57. The van der Waals surface area contributed by atoms with Crippen LogP contribution in [0.2, 0.25) is 0 Å². The molecule has 27 heavy (non-hydrogen) atoms. The van der Waals surface area contributed by atoms with Gasteiger partial charge in [0.25, 0.3) is 0 Å². The van der Waals surface area contributed by atoms with Crippen molar-refractivity contribution in [3.05, 3.63) is 66.0 Å². The smallest absolute Gasteiger partial charge is 0.183 e. The van der Waals surface area contributed by atoms with Crippen molar-refractivity contribution in [2.24, 2.45) is 0 Å². The molecule has 1 aliphatic heterocycles. The Morgan fingerprint density at radius 2 is 2.30 bits per heavy atom. The third-order valence-electron chi connectivity index (χ3n) is 4.32. The van der Waals surface area contributed by atoms with Crippen molar-refractivity contribution in [3.63, 3.8) is 0 Å². The maximum atomic E-state index is 5.53. The average Bonchev–Trinajstić information content (AvgIpc) is 3.02. The Hall–Kier alpha value is -2.44. The highest BCUT2D eigenvalue weighted by Crippen LogP contribution is 2.24. The Morgan fingerprint density at radius 1 is 1.37 bits per heavy atom. The third-order valence-corrected chi connectivity index (χ3v) is 5.12. The van der Waals surface area contributed by atoms with Crippen LogP contribution in [-0.2, 0) is 4.74 Å². The highest BCUT2D eigenvalue weighted by Gasteiger charge is 2.09. The van der Waals surface area contributed by atoms with Crippen LogP contribution in [0.3, 0.4) is 0 Å². The van der Waals surface area contributed by atoms with Gasteiger partial charge in [0.15, 0.2) is 5.13 Å². The topological polar surface area (TPSA) is 50.3 Å². The number of nitrogens with one attached hydrogen (secondary N) is 1. The number of ether oxygens (including phenoxy) is 1. The van der Waals surface area contributed by atoms with Crippen molar-refractivity contribution in [2.75, 3.05) is 38.2 Å². The molecule has 3 heterocycles. The molecule has 0 radical (unpaired) electrons. The number of pyridine rings is 1. The van der Waals surface area contributed by atoms with Crippen LogP contribution in [-0.4, -0.2) is 47.7 Å². The van der Waals surface area contributed by atoms with E-state index >= 15 is 0 Å². The minimum absolute atomic E-state index is 0.754. The first-order chi connectivity index (χ1) is 13.3. The second-order valence-corrected chi connectivity index (χ2v) is 7.25. The molecular formula is C21H26N4OS. The van der Waals surface area contributed by atoms with Crippen LogP contribution in [0.15, 0.2) is 66.0 Å². The average molecular weight is 383 g/mol. The zero-order valence-corrected chi connectivity index (χ0v) is 16.5. The van der Waals surface area contributed by atoms with Crippen molar-refractivity contribution in [1.82, 2.24) is 14.9 Å². The first kappa shape index (κ1) is 19.3. The van der Waals surface area contributed by atoms with Gasteiger partial charge in [0.2, 0.25) is 0 Å². The molecule has 0 aromatic carbocycles. The van der Waals surface area contributed by atoms with Crippen LogP contribution < -0.4 is 5.32 Å². The SMILES string of the molecule is C=C/C(=C\C=C(/C)CNc1nc(-c2cccnc2)cs1)N1CCCOCC1. The maximum absolute atomic E-state index is 5.53. The zero-order valence-electron chi connectivity index (χ0n) is 15.7. The van der Waals surface area contributed by atoms with E-state index in [0.29, 0.717) is 0 Å². The monoisotopic (exact) mass is 382 g/mol. The molecule has 5 nitrogen and oxygen atoms in total. The van der Waals surface area contributed by atoms with Crippen molar-refractivity contribution in [1.29, 1.82) is 0 Å². The highest BCUT2D eigenvalue weighted by molar-refractivity contribution is 7.14. The van der Waals surface area contributed by atoms with Gasteiger partial charge in [-0.3, -0.25) is 4.98 Å². The van der Waals surface area contributed by atoms with Gasteiger partial charge in [-0.05, 0) is 37.6 Å². The molecule has 1 N–H and O–H groups in total. The summed E-state index contributed by atoms with van der Waals surface area (Å²) in [6.45, 7) is 10.4. The molecule has 0 bridgehead atoms. The quantitative estimate of drug-likeness (QED) is 0.721. The van der Waals surface area contributed by atoms with Crippen LogP contribution in [0, 0.1) is 0 Å². The molecule has 0 amide bonds. The molecule has 1 aliphatic rings. The number of nitrogens with zero attached hydrogens (tertiary/aromatic N) is 3. The third kappa shape index (κ3) is 5.77. The number of hydrogen-bond acceptors (Lipinski definition) is 6. The minimum Gasteiger partial charge on any atom is -0.380 e. The van der Waals surface area contributed by atoms with Crippen molar-refractivity contribution < 1.29 is 4.74 Å². The molecule has 0 unspecified atom stereocenters. The van der Waals surface area contributed by atoms with Crippen molar-refractivity contribution in [2.45, 2.75) is 13.3 Å². The highest BCUT2D eigenvalue weighted by atomic mass is 32.1. The van der Waals surface area contributed by atoms with Gasteiger partial charge in [0, 0.05) is 55.3 Å². The lowest BCUT2D eigenvalue weighted by Gasteiger charge is -2.22. The van der Waals surface area contributed by atoms with Crippen molar-refractivity contribution >= 4 is 16.5 Å². The number of rotatable bonds is 7. The standard InChI is InChI=1S/C21H26N4OS/c1-3-19(25-10-5-12-26-13-11-25)8-7-17(2)14-23-21-24-20(16-27-21)18-6-4-9-22-15-18/h3-4,6-9,15-16H,1,5,10-14H2,2H3,(H,23,24)/b17-7+,19-8+. The number of thiazole rings is 1. The zero-order chi connectivity index (χ0) is 18.9. The first-order valence-electron chi connectivity index (χ1n) is 9.18. The normalized spacial score (nSPS) is 16.1. The summed E-state index contributed by atoms with van der Waals surface area (Å²) in [6, 6.07) is 3.95. The molecule has 0 saturated carbocycles. The summed E-state index contributed by atoms with van der Waals surface area (Å²) >= 11 is 1.61. The van der Waals surface area contributed by atoms with Gasteiger partial charge in [-0.25, -0.2) is 4.98 Å². The second kappa shape index (κ2) is 10.0. The van der Waals surface area contributed by atoms with Crippen LogP contribution >= 0.6 is 11.3 Å². The lowest BCUT2D eigenvalue weighted by atomic mass is 10.2. The predicted octanol–water partition coefficient (Wildman–Crippen LogP) is 4.36. The van der Waals surface area contributed by atoms with Gasteiger partial charge < -0.3 is 15.0 Å². The van der Waals surface area contributed by atoms with E-state index in [9.17, 15) is 0 Å². The Kier molecular flexibility index (Phi) is 7.19. The van der Waals surface area contributed by atoms with E-state index < -0.39 is 0 Å². The summed E-state index contributed by atoms with van der Waals surface area (Å²) in [5.74, 6) is 0. The largest absolute Gasteiger partial charge is 0.380 e. The van der Waals surface area contributed by atoms with E-state index in [2.05, 4.69) is 51.2 Å². The summed E-state index contributed by atoms with van der Waals surface area (Å²) in [5.41, 5.74) is 4.37. The van der Waals surface area contributed by atoms with Crippen LogP contribution in [0.5, 0.6) is 0 Å². The van der Waals surface area contributed by atoms with Crippen LogP contribution in [0.4, 0.5) is 5.13 Å². The Morgan fingerprint density at radius 3 is 3.11 bits per heavy atom. The van der Waals surface area contributed by atoms with E-state index in [1.54, 1.807) is 17.5 Å². The fraction of sp³-hybridized carbons (Fsp3) is 0.333.